The zero-order valence-electron chi connectivity index (χ0n) is 9.24. The van der Waals surface area contributed by atoms with Crippen molar-refractivity contribution in [2.45, 2.75) is 54.4 Å². The highest BCUT2D eigenvalue weighted by Gasteiger charge is 1.79. The first kappa shape index (κ1) is 17.4. The molecule has 0 aliphatic heterocycles. The highest BCUT2D eigenvalue weighted by atomic mass is 32.2. The van der Waals surface area contributed by atoms with E-state index in [9.17, 15) is 0 Å². The molecule has 0 rings (SSSR count). The summed E-state index contributed by atoms with van der Waals surface area (Å²) < 4.78 is 0. The first-order valence-electron chi connectivity index (χ1n) is 4.99. The van der Waals surface area contributed by atoms with E-state index in [0.717, 1.165) is 0 Å². The molecule has 0 unspecified atom stereocenters. The van der Waals surface area contributed by atoms with Crippen LogP contribution < -0.4 is 0 Å². The van der Waals surface area contributed by atoms with E-state index in [1.165, 1.54) is 24.3 Å². The number of rotatable bonds is 4. The fourth-order valence-corrected chi connectivity index (χ4v) is 1.17. The molecule has 0 radical (unpaired) electrons. The monoisotopic (exact) mass is 178 g/mol. The molecule has 1 heteroatoms. The number of hydrogen-bond donors (Lipinski definition) is 0. The molecule has 0 fully saturated rings. The summed E-state index contributed by atoms with van der Waals surface area (Å²) in [7, 11) is 0. The first-order valence-corrected chi connectivity index (χ1v) is 6.15. The topological polar surface area (TPSA) is 0 Å². The van der Waals surface area contributed by atoms with Crippen LogP contribution in [0.3, 0.4) is 0 Å². The fourth-order valence-electron chi connectivity index (χ4n) is 0.391. The molecule has 0 saturated heterocycles. The van der Waals surface area contributed by atoms with Crippen LogP contribution in [0.4, 0.5) is 0 Å². The Labute approximate surface area is 78.2 Å². The SMILES string of the molecule is CC.CC.CCCCSCC. The molecule has 0 N–H and O–H groups in total. The average molecular weight is 178 g/mol. The largest absolute Gasteiger partial charge is 0.162 e. The van der Waals surface area contributed by atoms with E-state index in [0.29, 0.717) is 0 Å². The minimum Gasteiger partial charge on any atom is -0.162 e. The van der Waals surface area contributed by atoms with Crippen LogP contribution in [0, 0.1) is 0 Å². The molecule has 72 valence electrons. The van der Waals surface area contributed by atoms with Gasteiger partial charge in [-0.1, -0.05) is 48.0 Å². The third-order valence-corrected chi connectivity index (χ3v) is 1.83. The van der Waals surface area contributed by atoms with Crippen molar-refractivity contribution in [3.8, 4) is 0 Å². The van der Waals surface area contributed by atoms with Gasteiger partial charge >= 0.3 is 0 Å². The molecule has 0 amide bonds. The van der Waals surface area contributed by atoms with Crippen molar-refractivity contribution in [3.63, 3.8) is 0 Å². The molecule has 0 aromatic heterocycles. The first-order chi connectivity index (χ1) is 5.41. The summed E-state index contributed by atoms with van der Waals surface area (Å²) in [5.41, 5.74) is 0. The lowest BCUT2D eigenvalue weighted by atomic mass is 10.4. The zero-order chi connectivity index (χ0) is 9.54. The summed E-state index contributed by atoms with van der Waals surface area (Å²) in [6.45, 7) is 12.4. The predicted molar refractivity (Wildman–Crippen MR) is 60.6 cm³/mol. The summed E-state index contributed by atoms with van der Waals surface area (Å²) in [6.07, 6.45) is 2.73. The van der Waals surface area contributed by atoms with Crippen molar-refractivity contribution in [1.82, 2.24) is 0 Å². The Morgan fingerprint density at radius 2 is 1.36 bits per heavy atom. The number of hydrogen-bond acceptors (Lipinski definition) is 1. The van der Waals surface area contributed by atoms with Gasteiger partial charge in [0.1, 0.15) is 0 Å². The van der Waals surface area contributed by atoms with Crippen molar-refractivity contribution in [3.05, 3.63) is 0 Å². The van der Waals surface area contributed by atoms with Crippen molar-refractivity contribution >= 4 is 11.8 Å². The summed E-state index contributed by atoms with van der Waals surface area (Å²) in [6, 6.07) is 0. The summed E-state index contributed by atoms with van der Waals surface area (Å²) >= 11 is 2.03. The van der Waals surface area contributed by atoms with Gasteiger partial charge in [0.2, 0.25) is 0 Å². The zero-order valence-corrected chi connectivity index (χ0v) is 10.1. The second kappa shape index (κ2) is 31.6. The van der Waals surface area contributed by atoms with E-state index < -0.39 is 0 Å². The van der Waals surface area contributed by atoms with Gasteiger partial charge in [-0.05, 0) is 17.9 Å². The highest BCUT2D eigenvalue weighted by molar-refractivity contribution is 7.99. The lowest BCUT2D eigenvalue weighted by Crippen LogP contribution is -1.76. The van der Waals surface area contributed by atoms with Crippen LogP contribution in [-0.2, 0) is 0 Å². The molecule has 0 nitrogen and oxygen atoms in total. The van der Waals surface area contributed by atoms with Crippen molar-refractivity contribution in [2.75, 3.05) is 11.5 Å². The van der Waals surface area contributed by atoms with Gasteiger partial charge in [-0.2, -0.15) is 11.8 Å². The molecule has 0 bridgehead atoms. The van der Waals surface area contributed by atoms with Crippen LogP contribution >= 0.6 is 11.8 Å². The Kier molecular flexibility index (Phi) is 50.1. The highest BCUT2D eigenvalue weighted by Crippen LogP contribution is 2.01. The molecular weight excluding hydrogens is 152 g/mol. The van der Waals surface area contributed by atoms with Gasteiger partial charge in [0.25, 0.3) is 0 Å². The minimum atomic E-state index is 1.28. The lowest BCUT2D eigenvalue weighted by Gasteiger charge is -1.91. The molecular formula is C10H26S. The van der Waals surface area contributed by atoms with E-state index in [4.69, 9.17) is 0 Å². The van der Waals surface area contributed by atoms with Gasteiger partial charge in [-0.15, -0.1) is 0 Å². The Morgan fingerprint density at radius 3 is 1.64 bits per heavy atom. The van der Waals surface area contributed by atoms with E-state index in [-0.39, 0.29) is 0 Å². The van der Waals surface area contributed by atoms with Gasteiger partial charge in [0.05, 0.1) is 0 Å². The van der Waals surface area contributed by atoms with Gasteiger partial charge in [0.15, 0.2) is 0 Å². The Morgan fingerprint density at radius 1 is 0.909 bits per heavy atom. The molecule has 0 spiro atoms. The number of unbranched alkanes of at least 4 members (excludes halogenated alkanes) is 1. The normalized spacial score (nSPS) is 7.09. The Bertz CT molecular complexity index is 24.1. The fraction of sp³-hybridized carbons (Fsp3) is 1.00. The quantitative estimate of drug-likeness (QED) is 0.567. The van der Waals surface area contributed by atoms with Crippen LogP contribution in [0.25, 0.3) is 0 Å². The molecule has 11 heavy (non-hydrogen) atoms. The van der Waals surface area contributed by atoms with Crippen LogP contribution in [0.5, 0.6) is 0 Å². The van der Waals surface area contributed by atoms with Gasteiger partial charge < -0.3 is 0 Å². The molecule has 0 atom stereocenters. The summed E-state index contributed by atoms with van der Waals surface area (Å²) in [5, 5.41) is 0. The second-order valence-corrected chi connectivity index (χ2v) is 2.94. The third kappa shape index (κ3) is 38.1. The van der Waals surface area contributed by atoms with Crippen molar-refractivity contribution in [2.24, 2.45) is 0 Å². The summed E-state index contributed by atoms with van der Waals surface area (Å²) in [5.74, 6) is 2.63. The van der Waals surface area contributed by atoms with Gasteiger partial charge in [-0.25, -0.2) is 0 Å². The maximum absolute atomic E-state index is 2.23. The van der Waals surface area contributed by atoms with Gasteiger partial charge in [0, 0.05) is 0 Å². The number of thioether (sulfide) groups is 1. The van der Waals surface area contributed by atoms with Gasteiger partial charge in [-0.3, -0.25) is 0 Å². The standard InChI is InChI=1S/C6H14S.2C2H6/c1-3-5-6-7-4-2;2*1-2/h3-6H2,1-2H3;2*1-2H3. The van der Waals surface area contributed by atoms with E-state index in [1.54, 1.807) is 0 Å². The summed E-state index contributed by atoms with van der Waals surface area (Å²) in [4.78, 5) is 0. The van der Waals surface area contributed by atoms with Crippen molar-refractivity contribution in [1.29, 1.82) is 0 Å². The average Bonchev–Trinajstić information content (AvgIpc) is 2.13. The maximum Gasteiger partial charge on any atom is -0.00677 e. The van der Waals surface area contributed by atoms with E-state index in [2.05, 4.69) is 13.8 Å². The Balaban J connectivity index is -0.000000138. The smallest absolute Gasteiger partial charge is 0.00677 e. The predicted octanol–water partition coefficient (Wildman–Crippen LogP) is 4.59. The van der Waals surface area contributed by atoms with Crippen LogP contribution in [0.2, 0.25) is 0 Å². The molecule has 0 heterocycles. The van der Waals surface area contributed by atoms with Crippen molar-refractivity contribution < 1.29 is 0 Å². The molecule has 0 aromatic rings. The third-order valence-electron chi connectivity index (χ3n) is 0.846. The second-order valence-electron chi connectivity index (χ2n) is 1.55. The van der Waals surface area contributed by atoms with E-state index >= 15 is 0 Å². The minimum absolute atomic E-state index is 1.28. The Hall–Kier alpha value is 0.350. The molecule has 0 aromatic carbocycles. The van der Waals surface area contributed by atoms with Crippen LogP contribution in [0.15, 0.2) is 0 Å². The maximum atomic E-state index is 2.23. The molecule has 0 saturated carbocycles. The van der Waals surface area contributed by atoms with Crippen LogP contribution in [0.1, 0.15) is 54.4 Å². The van der Waals surface area contributed by atoms with E-state index in [1.807, 2.05) is 39.5 Å². The molecule has 0 aliphatic carbocycles. The van der Waals surface area contributed by atoms with Crippen LogP contribution in [-0.4, -0.2) is 11.5 Å². The molecule has 0 aliphatic rings. The lowest BCUT2D eigenvalue weighted by molar-refractivity contribution is 0.896.